The Morgan fingerprint density at radius 3 is 2.53 bits per heavy atom. The third-order valence-corrected chi connectivity index (χ3v) is 3.84. The molecule has 0 spiro atoms. The summed E-state index contributed by atoms with van der Waals surface area (Å²) in [6.07, 6.45) is 5.65. The van der Waals surface area contributed by atoms with Crippen LogP contribution in [0.2, 0.25) is 0 Å². The Kier molecular flexibility index (Phi) is 4.00. The quantitative estimate of drug-likeness (QED) is 0.758. The summed E-state index contributed by atoms with van der Waals surface area (Å²) in [6.45, 7) is 2.78. The van der Waals surface area contributed by atoms with Crippen LogP contribution in [-0.4, -0.2) is 50.8 Å². The molecule has 1 saturated carbocycles. The van der Waals surface area contributed by atoms with Gasteiger partial charge in [-0.25, -0.2) is 0 Å². The minimum atomic E-state index is 0.539. The summed E-state index contributed by atoms with van der Waals surface area (Å²) in [4.78, 5) is 2.39. The van der Waals surface area contributed by atoms with Crippen molar-refractivity contribution in [2.45, 2.75) is 37.8 Å². The molecule has 0 radical (unpaired) electrons. The highest BCUT2D eigenvalue weighted by Gasteiger charge is 2.33. The van der Waals surface area contributed by atoms with Gasteiger partial charge < -0.3 is 15.0 Å². The van der Waals surface area contributed by atoms with Gasteiger partial charge in [-0.15, -0.1) is 0 Å². The first-order chi connectivity index (χ1) is 7.29. The van der Waals surface area contributed by atoms with Crippen molar-refractivity contribution < 1.29 is 4.74 Å². The molecule has 0 aromatic heterocycles. The molecule has 1 N–H and O–H groups in total. The highest BCUT2D eigenvalue weighted by atomic mass is 16.5. The third kappa shape index (κ3) is 2.71. The molecular formula is C12H24N2O. The van der Waals surface area contributed by atoms with Crippen molar-refractivity contribution in [1.29, 1.82) is 0 Å². The molecule has 0 amide bonds. The van der Waals surface area contributed by atoms with Crippen molar-refractivity contribution in [3.8, 4) is 0 Å². The average molecular weight is 212 g/mol. The van der Waals surface area contributed by atoms with Crippen molar-refractivity contribution >= 4 is 0 Å². The number of hydrogen-bond donors (Lipinski definition) is 1. The Hall–Kier alpha value is -0.120. The van der Waals surface area contributed by atoms with Crippen LogP contribution >= 0.6 is 0 Å². The molecule has 15 heavy (non-hydrogen) atoms. The molecule has 1 saturated heterocycles. The number of nitrogens with one attached hydrogen (secondary N) is 1. The van der Waals surface area contributed by atoms with E-state index >= 15 is 0 Å². The molecule has 2 fully saturated rings. The van der Waals surface area contributed by atoms with Gasteiger partial charge in [0.15, 0.2) is 0 Å². The highest BCUT2D eigenvalue weighted by Crippen LogP contribution is 2.31. The molecule has 1 heterocycles. The summed E-state index contributed by atoms with van der Waals surface area (Å²) in [5, 5.41) is 3.61. The number of hydrogen-bond acceptors (Lipinski definition) is 3. The van der Waals surface area contributed by atoms with Crippen LogP contribution in [0.1, 0.15) is 25.7 Å². The number of likely N-dealkylation sites (N-methyl/N-ethyl adjacent to an activating group) is 1. The molecule has 2 rings (SSSR count). The maximum absolute atomic E-state index is 5.58. The van der Waals surface area contributed by atoms with Gasteiger partial charge in [-0.1, -0.05) is 12.8 Å². The highest BCUT2D eigenvalue weighted by molar-refractivity contribution is 4.91. The van der Waals surface area contributed by atoms with Crippen LogP contribution in [0, 0.1) is 5.92 Å². The zero-order chi connectivity index (χ0) is 10.7. The van der Waals surface area contributed by atoms with Gasteiger partial charge in [-0.2, -0.15) is 0 Å². The number of rotatable bonds is 3. The fraction of sp³-hybridized carbons (Fsp3) is 1.00. The van der Waals surface area contributed by atoms with Gasteiger partial charge in [-0.3, -0.25) is 0 Å². The van der Waals surface area contributed by atoms with E-state index in [1.165, 1.54) is 25.7 Å². The van der Waals surface area contributed by atoms with Crippen LogP contribution in [-0.2, 0) is 4.74 Å². The standard InChI is InChI=1S/C12H24N2O/c1-14(2)12(10-5-3-4-6-10)11-9-15-8-7-13-11/h10-13H,3-9H2,1-2H3. The van der Waals surface area contributed by atoms with Crippen molar-refractivity contribution in [2.75, 3.05) is 33.9 Å². The van der Waals surface area contributed by atoms with E-state index in [1.807, 2.05) is 0 Å². The molecule has 3 heteroatoms. The molecule has 3 nitrogen and oxygen atoms in total. The van der Waals surface area contributed by atoms with Crippen LogP contribution in [0.15, 0.2) is 0 Å². The van der Waals surface area contributed by atoms with Crippen molar-refractivity contribution in [3.63, 3.8) is 0 Å². The van der Waals surface area contributed by atoms with E-state index in [4.69, 9.17) is 4.74 Å². The minimum Gasteiger partial charge on any atom is -0.378 e. The molecule has 0 aromatic rings. The Balaban J connectivity index is 1.97. The van der Waals surface area contributed by atoms with Crippen LogP contribution in [0.25, 0.3) is 0 Å². The van der Waals surface area contributed by atoms with E-state index in [1.54, 1.807) is 0 Å². The minimum absolute atomic E-state index is 0.539. The molecule has 88 valence electrons. The van der Waals surface area contributed by atoms with Gasteiger partial charge in [0.25, 0.3) is 0 Å². The topological polar surface area (TPSA) is 24.5 Å². The normalized spacial score (nSPS) is 31.0. The molecule has 2 unspecified atom stereocenters. The van der Waals surface area contributed by atoms with Crippen molar-refractivity contribution in [2.24, 2.45) is 5.92 Å². The summed E-state index contributed by atoms with van der Waals surface area (Å²) in [6, 6.07) is 1.20. The predicted molar refractivity (Wildman–Crippen MR) is 62.0 cm³/mol. The lowest BCUT2D eigenvalue weighted by Crippen LogP contribution is -2.56. The Bertz CT molecular complexity index is 184. The maximum atomic E-state index is 5.58. The van der Waals surface area contributed by atoms with Crippen molar-refractivity contribution in [3.05, 3.63) is 0 Å². The first-order valence-electron chi connectivity index (χ1n) is 6.26. The van der Waals surface area contributed by atoms with Gasteiger partial charge in [0.2, 0.25) is 0 Å². The zero-order valence-electron chi connectivity index (χ0n) is 10.0. The van der Waals surface area contributed by atoms with E-state index in [0.717, 1.165) is 25.7 Å². The fourth-order valence-corrected chi connectivity index (χ4v) is 3.21. The average Bonchev–Trinajstić information content (AvgIpc) is 2.72. The summed E-state index contributed by atoms with van der Waals surface area (Å²) in [5.41, 5.74) is 0. The Morgan fingerprint density at radius 2 is 2.00 bits per heavy atom. The lowest BCUT2D eigenvalue weighted by molar-refractivity contribution is 0.0309. The summed E-state index contributed by atoms with van der Waals surface area (Å²) in [5.74, 6) is 0.874. The van der Waals surface area contributed by atoms with E-state index in [2.05, 4.69) is 24.3 Å². The van der Waals surface area contributed by atoms with Crippen LogP contribution in [0.4, 0.5) is 0 Å². The number of ether oxygens (including phenoxy) is 1. The van der Waals surface area contributed by atoms with E-state index in [9.17, 15) is 0 Å². The Labute approximate surface area is 93.2 Å². The summed E-state index contributed by atoms with van der Waals surface area (Å²) < 4.78 is 5.58. The molecule has 1 aliphatic carbocycles. The number of morpholine rings is 1. The smallest absolute Gasteiger partial charge is 0.0635 e. The van der Waals surface area contributed by atoms with Gasteiger partial charge in [0.05, 0.1) is 13.2 Å². The lowest BCUT2D eigenvalue weighted by atomic mass is 9.90. The monoisotopic (exact) mass is 212 g/mol. The first-order valence-corrected chi connectivity index (χ1v) is 6.26. The van der Waals surface area contributed by atoms with Crippen LogP contribution in [0.5, 0.6) is 0 Å². The second-order valence-corrected chi connectivity index (χ2v) is 5.13. The third-order valence-electron chi connectivity index (χ3n) is 3.84. The van der Waals surface area contributed by atoms with Gasteiger partial charge in [0.1, 0.15) is 0 Å². The van der Waals surface area contributed by atoms with Crippen LogP contribution in [0.3, 0.4) is 0 Å². The van der Waals surface area contributed by atoms with Gasteiger partial charge >= 0.3 is 0 Å². The molecular weight excluding hydrogens is 188 g/mol. The summed E-state index contributed by atoms with van der Waals surface area (Å²) in [7, 11) is 4.42. The second kappa shape index (κ2) is 5.28. The van der Waals surface area contributed by atoms with Crippen molar-refractivity contribution in [1.82, 2.24) is 10.2 Å². The second-order valence-electron chi connectivity index (χ2n) is 5.13. The van der Waals surface area contributed by atoms with Crippen LogP contribution < -0.4 is 5.32 Å². The van der Waals surface area contributed by atoms with Gasteiger partial charge in [0, 0.05) is 18.6 Å². The summed E-state index contributed by atoms with van der Waals surface area (Å²) >= 11 is 0. The first kappa shape index (κ1) is 11.4. The number of nitrogens with zero attached hydrogens (tertiary/aromatic N) is 1. The predicted octanol–water partition coefficient (Wildman–Crippen LogP) is 1.10. The molecule has 1 aliphatic heterocycles. The van der Waals surface area contributed by atoms with E-state index in [-0.39, 0.29) is 0 Å². The molecule has 0 aromatic carbocycles. The molecule has 0 bridgehead atoms. The molecule has 2 atom stereocenters. The maximum Gasteiger partial charge on any atom is 0.0635 e. The zero-order valence-corrected chi connectivity index (χ0v) is 10.0. The largest absolute Gasteiger partial charge is 0.378 e. The van der Waals surface area contributed by atoms with E-state index < -0.39 is 0 Å². The van der Waals surface area contributed by atoms with E-state index in [0.29, 0.717) is 12.1 Å². The van der Waals surface area contributed by atoms with Gasteiger partial charge in [-0.05, 0) is 32.9 Å². The lowest BCUT2D eigenvalue weighted by Gasteiger charge is -2.39. The Morgan fingerprint density at radius 1 is 1.27 bits per heavy atom. The molecule has 2 aliphatic rings. The fourth-order valence-electron chi connectivity index (χ4n) is 3.21. The SMILES string of the molecule is CN(C)C(C1CCCC1)C1COCCN1.